The van der Waals surface area contributed by atoms with Gasteiger partial charge < -0.3 is 13.9 Å². The number of methoxy groups -OCH3 is 1. The molecule has 0 aliphatic heterocycles. The van der Waals surface area contributed by atoms with Gasteiger partial charge in [0.2, 0.25) is 11.2 Å². The molecule has 0 N–H and O–H groups in total. The van der Waals surface area contributed by atoms with Crippen molar-refractivity contribution in [3.8, 4) is 22.8 Å². The number of benzene rings is 4. The van der Waals surface area contributed by atoms with E-state index in [1.807, 2.05) is 67.6 Å². The number of esters is 1. The van der Waals surface area contributed by atoms with E-state index in [0.717, 1.165) is 16.7 Å². The number of aryl methyl sites for hydroxylation is 1. The Labute approximate surface area is 218 Å². The first-order valence-electron chi connectivity index (χ1n) is 11.7. The van der Waals surface area contributed by atoms with Gasteiger partial charge in [0.05, 0.1) is 12.5 Å². The van der Waals surface area contributed by atoms with Gasteiger partial charge in [0.1, 0.15) is 17.3 Å². The largest absolute Gasteiger partial charge is 0.497 e. The van der Waals surface area contributed by atoms with Crippen LogP contribution in [0, 0.1) is 6.92 Å². The lowest BCUT2D eigenvalue weighted by Crippen LogP contribution is -2.23. The van der Waals surface area contributed by atoms with Gasteiger partial charge in [0.15, 0.2) is 5.76 Å². The van der Waals surface area contributed by atoms with Crippen LogP contribution in [0.4, 0.5) is 0 Å². The minimum absolute atomic E-state index is 0.148. The zero-order valence-electron chi connectivity index (χ0n) is 20.2. The first kappa shape index (κ1) is 24.3. The van der Waals surface area contributed by atoms with Crippen molar-refractivity contribution in [3.05, 3.63) is 129 Å². The van der Waals surface area contributed by atoms with E-state index in [9.17, 15) is 9.59 Å². The predicted octanol–water partition coefficient (Wildman–Crippen LogP) is 7.17. The molecule has 5 aromatic rings. The Morgan fingerprint density at radius 1 is 0.865 bits per heavy atom. The smallest absolute Gasteiger partial charge is 0.323 e. The summed E-state index contributed by atoms with van der Waals surface area (Å²) in [5, 5.41) is 0.646. The first-order valence-corrected chi connectivity index (χ1v) is 12.1. The average Bonchev–Trinajstić information content (AvgIpc) is 2.93. The number of hydrogen-bond donors (Lipinski definition) is 0. The Bertz CT molecular complexity index is 1590. The summed E-state index contributed by atoms with van der Waals surface area (Å²) >= 11 is 6.32. The fourth-order valence-corrected chi connectivity index (χ4v) is 4.40. The normalized spacial score (nSPS) is 11.0. The average molecular weight is 511 g/mol. The first-order chi connectivity index (χ1) is 18.0. The molecule has 1 heterocycles. The standard InChI is InChI=1S/C31H23ClO5/c1-19-17-26-24(18-25(19)32)28(33)30(29(36-26)22-13-15-23(35-2)16-14-22)37-31(34)27(20-9-5-3-6-10-20)21-11-7-4-8-12-21/h3-18,27H,1-2H3. The van der Waals surface area contributed by atoms with Gasteiger partial charge in [-0.2, -0.15) is 0 Å². The van der Waals surface area contributed by atoms with E-state index >= 15 is 0 Å². The monoisotopic (exact) mass is 510 g/mol. The van der Waals surface area contributed by atoms with E-state index in [2.05, 4.69) is 0 Å². The van der Waals surface area contributed by atoms with Crippen LogP contribution in [0.25, 0.3) is 22.3 Å². The molecular weight excluding hydrogens is 488 g/mol. The molecule has 37 heavy (non-hydrogen) atoms. The van der Waals surface area contributed by atoms with Gasteiger partial charge in [-0.25, -0.2) is 0 Å². The van der Waals surface area contributed by atoms with Crippen molar-refractivity contribution >= 4 is 28.5 Å². The van der Waals surface area contributed by atoms with Gasteiger partial charge in [-0.1, -0.05) is 72.3 Å². The third-order valence-corrected chi connectivity index (χ3v) is 6.59. The number of ether oxygens (including phenoxy) is 2. The number of rotatable bonds is 6. The minimum Gasteiger partial charge on any atom is -0.497 e. The Morgan fingerprint density at radius 3 is 2.03 bits per heavy atom. The van der Waals surface area contributed by atoms with E-state index in [4.69, 9.17) is 25.5 Å². The van der Waals surface area contributed by atoms with Crippen molar-refractivity contribution in [1.29, 1.82) is 0 Å². The quantitative estimate of drug-likeness (QED) is 0.227. The zero-order valence-corrected chi connectivity index (χ0v) is 21.0. The van der Waals surface area contributed by atoms with Gasteiger partial charge in [0.25, 0.3) is 0 Å². The summed E-state index contributed by atoms with van der Waals surface area (Å²) in [5.41, 5.74) is 2.67. The number of fused-ring (bicyclic) bond motifs is 1. The molecule has 6 heteroatoms. The summed E-state index contributed by atoms with van der Waals surface area (Å²) in [6.45, 7) is 1.83. The Kier molecular flexibility index (Phi) is 6.80. The van der Waals surface area contributed by atoms with Crippen molar-refractivity contribution in [2.75, 3.05) is 7.11 Å². The summed E-state index contributed by atoms with van der Waals surface area (Å²) in [7, 11) is 1.57. The maximum absolute atomic E-state index is 13.8. The van der Waals surface area contributed by atoms with Crippen molar-refractivity contribution < 1.29 is 18.7 Å². The van der Waals surface area contributed by atoms with Gasteiger partial charge in [-0.15, -0.1) is 0 Å². The highest BCUT2D eigenvalue weighted by atomic mass is 35.5. The second-order valence-electron chi connectivity index (χ2n) is 8.59. The van der Waals surface area contributed by atoms with Gasteiger partial charge >= 0.3 is 5.97 Å². The van der Waals surface area contributed by atoms with E-state index in [1.165, 1.54) is 0 Å². The molecule has 5 rings (SSSR count). The maximum atomic E-state index is 13.8. The summed E-state index contributed by atoms with van der Waals surface area (Å²) in [5.74, 6) is -0.754. The molecule has 0 radical (unpaired) electrons. The lowest BCUT2D eigenvalue weighted by atomic mass is 9.91. The molecule has 0 bridgehead atoms. The maximum Gasteiger partial charge on any atom is 0.323 e. The van der Waals surface area contributed by atoms with Crippen LogP contribution in [-0.2, 0) is 4.79 Å². The molecular formula is C31H23ClO5. The molecule has 0 aliphatic carbocycles. The van der Waals surface area contributed by atoms with Crippen LogP contribution >= 0.6 is 11.6 Å². The van der Waals surface area contributed by atoms with Crippen molar-refractivity contribution in [3.63, 3.8) is 0 Å². The SMILES string of the molecule is COc1ccc(-c2oc3cc(C)c(Cl)cc3c(=O)c2OC(=O)C(c2ccccc2)c2ccccc2)cc1. The van der Waals surface area contributed by atoms with Gasteiger partial charge in [0, 0.05) is 10.6 Å². The predicted molar refractivity (Wildman–Crippen MR) is 145 cm³/mol. The topological polar surface area (TPSA) is 65.7 Å². The summed E-state index contributed by atoms with van der Waals surface area (Å²) < 4.78 is 17.4. The van der Waals surface area contributed by atoms with Gasteiger partial charge in [-0.3, -0.25) is 9.59 Å². The van der Waals surface area contributed by atoms with Crippen LogP contribution in [0.2, 0.25) is 5.02 Å². The third-order valence-electron chi connectivity index (χ3n) is 6.19. The molecule has 5 nitrogen and oxygen atoms in total. The molecule has 0 saturated carbocycles. The highest BCUT2D eigenvalue weighted by molar-refractivity contribution is 6.32. The second kappa shape index (κ2) is 10.3. The van der Waals surface area contributed by atoms with Crippen LogP contribution in [0.15, 0.2) is 106 Å². The molecule has 4 aromatic carbocycles. The second-order valence-corrected chi connectivity index (χ2v) is 9.00. The zero-order chi connectivity index (χ0) is 25.9. The molecule has 1 aromatic heterocycles. The highest BCUT2D eigenvalue weighted by Gasteiger charge is 2.28. The molecule has 0 spiro atoms. The van der Waals surface area contributed by atoms with Crippen molar-refractivity contribution in [1.82, 2.24) is 0 Å². The van der Waals surface area contributed by atoms with Gasteiger partial charge in [-0.05, 0) is 60.0 Å². The number of halogens is 1. The molecule has 0 aliphatic rings. The lowest BCUT2D eigenvalue weighted by Gasteiger charge is -2.18. The Morgan fingerprint density at radius 2 is 1.46 bits per heavy atom. The van der Waals surface area contributed by atoms with E-state index in [1.54, 1.807) is 43.5 Å². The molecule has 0 fully saturated rings. The van der Waals surface area contributed by atoms with Crippen molar-refractivity contribution in [2.45, 2.75) is 12.8 Å². The third kappa shape index (κ3) is 4.86. The number of hydrogen-bond acceptors (Lipinski definition) is 5. The lowest BCUT2D eigenvalue weighted by molar-refractivity contribution is -0.135. The Balaban J connectivity index is 1.68. The molecule has 0 saturated heterocycles. The summed E-state index contributed by atoms with van der Waals surface area (Å²) in [6, 6.07) is 28.8. The van der Waals surface area contributed by atoms with Crippen LogP contribution < -0.4 is 14.9 Å². The van der Waals surface area contributed by atoms with Crippen LogP contribution in [-0.4, -0.2) is 13.1 Å². The van der Waals surface area contributed by atoms with Crippen LogP contribution in [0.1, 0.15) is 22.6 Å². The van der Waals surface area contributed by atoms with Crippen molar-refractivity contribution in [2.24, 2.45) is 0 Å². The minimum atomic E-state index is -0.747. The Hall–Kier alpha value is -4.35. The summed E-state index contributed by atoms with van der Waals surface area (Å²) in [4.78, 5) is 27.5. The van der Waals surface area contributed by atoms with Crippen LogP contribution in [0.5, 0.6) is 11.5 Å². The fraction of sp³-hybridized carbons (Fsp3) is 0.0968. The summed E-state index contributed by atoms with van der Waals surface area (Å²) in [6.07, 6.45) is 0. The fourth-order valence-electron chi connectivity index (χ4n) is 4.24. The molecule has 0 amide bonds. The van der Waals surface area contributed by atoms with E-state index in [-0.39, 0.29) is 16.9 Å². The molecule has 0 unspecified atom stereocenters. The number of carbonyl (C=O) groups is 1. The van der Waals surface area contributed by atoms with Crippen LogP contribution in [0.3, 0.4) is 0 Å². The number of carbonyl (C=O) groups excluding carboxylic acids is 1. The highest BCUT2D eigenvalue weighted by Crippen LogP contribution is 2.35. The molecule has 184 valence electrons. The molecule has 0 atom stereocenters. The van der Waals surface area contributed by atoms with E-state index < -0.39 is 17.3 Å². The van der Waals surface area contributed by atoms with E-state index in [0.29, 0.717) is 21.9 Å².